The Labute approximate surface area is 165 Å². The second kappa shape index (κ2) is 6.87. The fourth-order valence-electron chi connectivity index (χ4n) is 2.86. The molecule has 0 atom stereocenters. The van der Waals surface area contributed by atoms with Gasteiger partial charge < -0.3 is 0 Å². The summed E-state index contributed by atoms with van der Waals surface area (Å²) in [6.07, 6.45) is -35.0. The van der Waals surface area contributed by atoms with Crippen molar-refractivity contribution in [1.82, 2.24) is 9.80 Å². The minimum absolute atomic E-state index is 0.590. The second-order valence-electron chi connectivity index (χ2n) is 6.45. The van der Waals surface area contributed by atoms with E-state index in [9.17, 15) is 70.2 Å². The molecule has 0 aromatic carbocycles. The Bertz CT molecular complexity index is 631. The quantitative estimate of drug-likeness (QED) is 0.363. The van der Waals surface area contributed by atoms with Crippen molar-refractivity contribution in [3.63, 3.8) is 0 Å². The average molecular weight is 516 g/mol. The Hall–Kier alpha value is -1.28. The predicted molar refractivity (Wildman–Crippen MR) is 64.1 cm³/mol. The van der Waals surface area contributed by atoms with Gasteiger partial charge in [-0.15, -0.1) is 0 Å². The van der Waals surface area contributed by atoms with Crippen molar-refractivity contribution < 1.29 is 79.7 Å². The summed E-state index contributed by atoms with van der Waals surface area (Å²) in [5, 5.41) is 0. The summed E-state index contributed by atoms with van der Waals surface area (Å²) in [7, 11) is 0. The first kappa shape index (κ1) is 27.0. The Morgan fingerprint density at radius 3 is 0.906 bits per heavy atom. The Balaban J connectivity index is 2.87. The molecule has 0 bridgehead atoms. The molecule has 0 saturated carbocycles. The molecule has 0 aliphatic carbocycles. The lowest BCUT2D eigenvalue weighted by Crippen LogP contribution is -2.83. The highest BCUT2D eigenvalue weighted by Gasteiger charge is 2.89. The van der Waals surface area contributed by atoms with Crippen LogP contribution in [0.2, 0.25) is 0 Å². The monoisotopic (exact) mass is 516 g/mol. The molecule has 2 heterocycles. The van der Waals surface area contributed by atoms with Crippen LogP contribution in [-0.2, 0) is 9.47 Å². The molecule has 32 heavy (non-hydrogen) atoms. The van der Waals surface area contributed by atoms with Gasteiger partial charge in [0.2, 0.25) is 0 Å². The van der Waals surface area contributed by atoms with Gasteiger partial charge in [0.25, 0.3) is 0 Å². The van der Waals surface area contributed by atoms with Crippen molar-refractivity contribution in [1.29, 1.82) is 0 Å². The summed E-state index contributed by atoms with van der Waals surface area (Å²) in [6.45, 7) is 0.590. The third kappa shape index (κ3) is 3.30. The Morgan fingerprint density at radius 1 is 0.500 bits per heavy atom. The molecular weight excluding hydrogens is 508 g/mol. The Kier molecular flexibility index (Phi) is 5.79. The molecule has 0 spiro atoms. The van der Waals surface area contributed by atoms with Crippen molar-refractivity contribution in [3.8, 4) is 0 Å². The van der Waals surface area contributed by atoms with E-state index < -0.39 is 77.4 Å². The van der Waals surface area contributed by atoms with E-state index in [0.29, 0.717) is 6.92 Å². The largest absolute Gasteiger partial charge is 0.439 e. The molecule has 20 heteroatoms. The highest BCUT2D eigenvalue weighted by molar-refractivity contribution is 5.03. The molecule has 2 aliphatic rings. The van der Waals surface area contributed by atoms with Gasteiger partial charge in [-0.3, -0.25) is 0 Å². The van der Waals surface area contributed by atoms with Crippen molar-refractivity contribution >= 4 is 0 Å². The molecule has 4 nitrogen and oxygen atoms in total. The third-order valence-electron chi connectivity index (χ3n) is 4.27. The lowest BCUT2D eigenvalue weighted by molar-refractivity contribution is -0.599. The molecule has 0 amide bonds. The van der Waals surface area contributed by atoms with Crippen LogP contribution >= 0.6 is 0 Å². The zero-order valence-electron chi connectivity index (χ0n) is 14.7. The number of alkyl halides is 16. The molecule has 0 unspecified atom stereocenters. The van der Waals surface area contributed by atoms with Crippen LogP contribution in [-0.4, -0.2) is 64.6 Å². The van der Waals surface area contributed by atoms with E-state index >= 15 is 0 Å². The first-order valence-electron chi connectivity index (χ1n) is 7.87. The molecule has 2 aliphatic heterocycles. The highest BCUT2D eigenvalue weighted by atomic mass is 19.4. The van der Waals surface area contributed by atoms with Gasteiger partial charge in [0, 0.05) is 0 Å². The zero-order valence-corrected chi connectivity index (χ0v) is 14.7. The molecule has 0 radical (unpaired) electrons. The maximum atomic E-state index is 14.0. The third-order valence-corrected chi connectivity index (χ3v) is 4.27. The molecule has 2 fully saturated rings. The number of hydrogen-bond donors (Lipinski definition) is 0. The van der Waals surface area contributed by atoms with Gasteiger partial charge in [0.15, 0.2) is 0 Å². The molecular formula is C12H8F16N2O2. The van der Waals surface area contributed by atoms with Gasteiger partial charge in [-0.25, -0.2) is 9.47 Å². The summed E-state index contributed by atoms with van der Waals surface area (Å²) in [6, 6.07) is -27.6. The SMILES string of the molecule is CCCC(N1C(F)(F)C(F)(F)OC(F)(F)C1(F)F)N1C(F)(F)C(F)(F)OC(F)(F)C1(F)F. The maximum Gasteiger partial charge on any atom is 0.439 e. The maximum absolute atomic E-state index is 14.0. The van der Waals surface area contributed by atoms with Gasteiger partial charge in [-0.2, -0.15) is 80.0 Å². The van der Waals surface area contributed by atoms with Crippen LogP contribution in [0, 0.1) is 0 Å². The second-order valence-corrected chi connectivity index (χ2v) is 6.45. The van der Waals surface area contributed by atoms with E-state index in [1.54, 1.807) is 0 Å². The van der Waals surface area contributed by atoms with Crippen molar-refractivity contribution in [2.24, 2.45) is 0 Å². The number of hydrogen-bond acceptors (Lipinski definition) is 4. The first-order valence-corrected chi connectivity index (χ1v) is 7.87. The lowest BCUT2D eigenvalue weighted by atomic mass is 10.1. The molecule has 0 aromatic heterocycles. The number of ether oxygens (including phenoxy) is 2. The predicted octanol–water partition coefficient (Wildman–Crippen LogP) is 5.52. The fourth-order valence-corrected chi connectivity index (χ4v) is 2.86. The van der Waals surface area contributed by atoms with Gasteiger partial charge in [0.1, 0.15) is 0 Å². The number of rotatable bonds is 4. The van der Waals surface area contributed by atoms with E-state index in [2.05, 4.69) is 0 Å². The molecule has 2 saturated heterocycles. The molecule has 0 N–H and O–H groups in total. The van der Waals surface area contributed by atoms with Crippen molar-refractivity contribution in [2.45, 2.75) is 74.6 Å². The normalized spacial score (nSPS) is 32.1. The summed E-state index contributed by atoms with van der Waals surface area (Å²) in [4.78, 5) is -5.96. The van der Waals surface area contributed by atoms with E-state index in [-0.39, 0.29) is 0 Å². The number of nitrogens with zero attached hydrogens (tertiary/aromatic N) is 2. The summed E-state index contributed by atoms with van der Waals surface area (Å²) < 4.78 is 223. The lowest BCUT2D eigenvalue weighted by Gasteiger charge is -2.56. The van der Waals surface area contributed by atoms with E-state index in [1.807, 2.05) is 9.47 Å². The molecule has 2 rings (SSSR count). The summed E-state index contributed by atoms with van der Waals surface area (Å²) >= 11 is 0. The highest BCUT2D eigenvalue weighted by Crippen LogP contribution is 2.61. The van der Waals surface area contributed by atoms with E-state index in [0.717, 1.165) is 0 Å². The van der Waals surface area contributed by atoms with Gasteiger partial charge in [-0.1, -0.05) is 13.3 Å². The number of halogens is 16. The van der Waals surface area contributed by atoms with Crippen LogP contribution in [0.4, 0.5) is 70.2 Å². The van der Waals surface area contributed by atoms with Crippen molar-refractivity contribution in [2.75, 3.05) is 0 Å². The van der Waals surface area contributed by atoms with Crippen LogP contribution in [0.5, 0.6) is 0 Å². The van der Waals surface area contributed by atoms with Crippen LogP contribution in [0.25, 0.3) is 0 Å². The minimum atomic E-state index is -6.90. The van der Waals surface area contributed by atoms with Crippen molar-refractivity contribution in [3.05, 3.63) is 0 Å². The van der Waals surface area contributed by atoms with Crippen LogP contribution < -0.4 is 0 Å². The van der Waals surface area contributed by atoms with Gasteiger partial charge >= 0.3 is 48.6 Å². The zero-order chi connectivity index (χ0) is 25.6. The van der Waals surface area contributed by atoms with E-state index in [1.165, 1.54) is 0 Å². The first-order chi connectivity index (χ1) is 13.9. The summed E-state index contributed by atoms with van der Waals surface area (Å²) in [5.41, 5.74) is 0. The average Bonchev–Trinajstić information content (AvgIpc) is 2.49. The topological polar surface area (TPSA) is 24.9 Å². The van der Waals surface area contributed by atoms with Gasteiger partial charge in [-0.05, 0) is 6.42 Å². The Morgan fingerprint density at radius 2 is 0.719 bits per heavy atom. The van der Waals surface area contributed by atoms with Crippen LogP contribution in [0.15, 0.2) is 0 Å². The minimum Gasteiger partial charge on any atom is -0.243 e. The van der Waals surface area contributed by atoms with Gasteiger partial charge in [0.05, 0.1) is 6.17 Å². The standard InChI is InChI=1S/C12H8F16N2O2/c1-2-3-4(29-5(13,14)9(21,22)31-10(23,24)6(29,15)16)30-7(17,18)11(25,26)32-12(27,28)8(30,19)20/h4H,2-3H2,1H3. The number of morpholine rings is 2. The smallest absolute Gasteiger partial charge is 0.243 e. The van der Waals surface area contributed by atoms with Crippen LogP contribution in [0.1, 0.15) is 19.8 Å². The molecule has 190 valence electrons. The fraction of sp³-hybridized carbons (Fsp3) is 1.00. The van der Waals surface area contributed by atoms with E-state index in [4.69, 9.17) is 0 Å². The molecule has 0 aromatic rings. The van der Waals surface area contributed by atoms with Crippen LogP contribution in [0.3, 0.4) is 0 Å². The summed E-state index contributed by atoms with van der Waals surface area (Å²) in [5.74, 6) is 0.